The van der Waals surface area contributed by atoms with E-state index in [0.717, 1.165) is 23.3 Å². The molecule has 0 aliphatic heterocycles. The van der Waals surface area contributed by atoms with E-state index < -0.39 is 0 Å². The van der Waals surface area contributed by atoms with Crippen LogP contribution in [0.25, 0.3) is 0 Å². The van der Waals surface area contributed by atoms with Crippen LogP contribution < -0.4 is 11.1 Å². The number of carbonyl (C=O) groups excluding carboxylic acids is 1. The van der Waals surface area contributed by atoms with Crippen LogP contribution in [0.3, 0.4) is 0 Å². The predicted molar refractivity (Wildman–Crippen MR) is 87.0 cm³/mol. The fraction of sp³-hybridized carbons (Fsp3) is 0.632. The molecule has 0 saturated heterocycles. The van der Waals surface area contributed by atoms with Gasteiger partial charge in [-0.05, 0) is 61.8 Å². The Morgan fingerprint density at radius 3 is 2.18 bits per heavy atom. The smallest absolute Gasteiger partial charge is 0.222 e. The van der Waals surface area contributed by atoms with Crippen molar-refractivity contribution in [3.63, 3.8) is 0 Å². The fourth-order valence-corrected chi connectivity index (χ4v) is 5.63. The van der Waals surface area contributed by atoms with Crippen molar-refractivity contribution < 1.29 is 4.79 Å². The lowest BCUT2D eigenvalue weighted by Crippen LogP contribution is -2.60. The minimum Gasteiger partial charge on any atom is -0.351 e. The standard InChI is InChI=1S/C19H26N2O/c20-17(16-4-2-1-3-5-16)9-18(22)21-19-10-13-6-14(11-19)8-15(7-13)12-19/h1-5,13-15,17H,6-12,20H2,(H,21,22). The van der Waals surface area contributed by atoms with Crippen molar-refractivity contribution in [2.24, 2.45) is 23.5 Å². The number of hydrogen-bond acceptors (Lipinski definition) is 2. The van der Waals surface area contributed by atoms with Crippen LogP contribution in [0.2, 0.25) is 0 Å². The summed E-state index contributed by atoms with van der Waals surface area (Å²) in [6, 6.07) is 9.74. The number of rotatable bonds is 4. The van der Waals surface area contributed by atoms with Crippen molar-refractivity contribution in [1.29, 1.82) is 0 Å². The normalized spacial score (nSPS) is 37.0. The van der Waals surface area contributed by atoms with E-state index in [4.69, 9.17) is 5.73 Å². The van der Waals surface area contributed by atoms with E-state index in [9.17, 15) is 4.79 Å². The second kappa shape index (κ2) is 5.38. The van der Waals surface area contributed by atoms with Crippen molar-refractivity contribution in [3.8, 4) is 0 Å². The van der Waals surface area contributed by atoms with Crippen molar-refractivity contribution in [1.82, 2.24) is 5.32 Å². The van der Waals surface area contributed by atoms with Crippen LogP contribution in [0.1, 0.15) is 56.6 Å². The Kier molecular flexibility index (Phi) is 3.48. The summed E-state index contributed by atoms with van der Waals surface area (Å²) in [5.74, 6) is 2.70. The van der Waals surface area contributed by atoms with Crippen LogP contribution in [0.5, 0.6) is 0 Å². The van der Waals surface area contributed by atoms with E-state index in [2.05, 4.69) is 5.32 Å². The second-order valence-electron chi connectivity index (χ2n) is 7.97. The second-order valence-corrected chi connectivity index (χ2v) is 7.97. The molecular formula is C19H26N2O. The van der Waals surface area contributed by atoms with E-state index in [1.165, 1.54) is 38.5 Å². The van der Waals surface area contributed by atoms with Crippen LogP contribution in [0.15, 0.2) is 30.3 Å². The molecule has 1 unspecified atom stereocenters. The largest absolute Gasteiger partial charge is 0.351 e. The molecule has 0 aromatic heterocycles. The number of nitrogens with one attached hydrogen (secondary N) is 1. The quantitative estimate of drug-likeness (QED) is 0.897. The van der Waals surface area contributed by atoms with E-state index in [1.807, 2.05) is 30.3 Å². The molecule has 1 aromatic carbocycles. The molecule has 1 atom stereocenters. The Morgan fingerprint density at radius 2 is 1.64 bits per heavy atom. The highest BCUT2D eigenvalue weighted by atomic mass is 16.1. The molecule has 4 bridgehead atoms. The third-order valence-electron chi connectivity index (χ3n) is 6.08. The van der Waals surface area contributed by atoms with Gasteiger partial charge in [-0.2, -0.15) is 0 Å². The van der Waals surface area contributed by atoms with Gasteiger partial charge in [0, 0.05) is 18.0 Å². The third kappa shape index (κ3) is 2.67. The Bertz CT molecular complexity index is 519. The minimum absolute atomic E-state index is 0.0994. The zero-order valence-electron chi connectivity index (χ0n) is 13.1. The van der Waals surface area contributed by atoms with E-state index >= 15 is 0 Å². The maximum absolute atomic E-state index is 12.5. The zero-order valence-corrected chi connectivity index (χ0v) is 13.1. The van der Waals surface area contributed by atoms with Gasteiger partial charge in [0.1, 0.15) is 0 Å². The van der Waals surface area contributed by atoms with Crippen molar-refractivity contribution >= 4 is 5.91 Å². The number of benzene rings is 1. The first-order valence-corrected chi connectivity index (χ1v) is 8.73. The maximum atomic E-state index is 12.5. The first-order chi connectivity index (χ1) is 10.6. The molecule has 4 aliphatic carbocycles. The van der Waals surface area contributed by atoms with Gasteiger partial charge in [0.2, 0.25) is 5.91 Å². The lowest BCUT2D eigenvalue weighted by Gasteiger charge is -2.57. The minimum atomic E-state index is -0.199. The average Bonchev–Trinajstić information content (AvgIpc) is 2.45. The van der Waals surface area contributed by atoms with Crippen molar-refractivity contribution in [2.45, 2.75) is 56.5 Å². The molecule has 118 valence electrons. The molecule has 4 fully saturated rings. The van der Waals surface area contributed by atoms with Gasteiger partial charge in [-0.25, -0.2) is 0 Å². The summed E-state index contributed by atoms with van der Waals surface area (Å²) in [4.78, 5) is 12.5. The van der Waals surface area contributed by atoms with Crippen LogP contribution in [-0.2, 0) is 4.79 Å². The average molecular weight is 298 g/mol. The highest BCUT2D eigenvalue weighted by Crippen LogP contribution is 2.55. The van der Waals surface area contributed by atoms with Crippen molar-refractivity contribution in [2.75, 3.05) is 0 Å². The van der Waals surface area contributed by atoms with Crippen LogP contribution in [0.4, 0.5) is 0 Å². The summed E-state index contributed by atoms with van der Waals surface area (Å²) in [6.45, 7) is 0. The molecule has 5 rings (SSSR count). The lowest BCUT2D eigenvalue weighted by molar-refractivity contribution is -0.127. The summed E-state index contributed by atoms with van der Waals surface area (Å²) < 4.78 is 0. The SMILES string of the molecule is NC(CC(=O)NC12CC3CC(CC(C3)C1)C2)c1ccccc1. The molecule has 3 heteroatoms. The number of amides is 1. The van der Waals surface area contributed by atoms with Gasteiger partial charge in [-0.15, -0.1) is 0 Å². The van der Waals surface area contributed by atoms with E-state index in [-0.39, 0.29) is 17.5 Å². The first-order valence-electron chi connectivity index (χ1n) is 8.73. The van der Waals surface area contributed by atoms with Crippen LogP contribution in [-0.4, -0.2) is 11.4 Å². The van der Waals surface area contributed by atoms with Gasteiger partial charge in [0.15, 0.2) is 0 Å². The third-order valence-corrected chi connectivity index (χ3v) is 6.08. The zero-order chi connectivity index (χ0) is 15.2. The summed E-state index contributed by atoms with van der Waals surface area (Å²) in [7, 11) is 0. The number of nitrogens with two attached hydrogens (primary N) is 1. The summed E-state index contributed by atoms with van der Waals surface area (Å²) in [5.41, 5.74) is 7.35. The van der Waals surface area contributed by atoms with Gasteiger partial charge < -0.3 is 11.1 Å². The lowest BCUT2D eigenvalue weighted by atomic mass is 9.53. The highest BCUT2D eigenvalue weighted by Gasteiger charge is 2.51. The molecule has 0 spiro atoms. The number of hydrogen-bond donors (Lipinski definition) is 2. The first kappa shape index (κ1) is 14.3. The van der Waals surface area contributed by atoms with Crippen LogP contribution >= 0.6 is 0 Å². The molecule has 4 saturated carbocycles. The molecule has 3 nitrogen and oxygen atoms in total. The Hall–Kier alpha value is -1.35. The van der Waals surface area contributed by atoms with Gasteiger partial charge in [0.05, 0.1) is 0 Å². The maximum Gasteiger partial charge on any atom is 0.222 e. The van der Waals surface area contributed by atoms with Crippen LogP contribution in [0, 0.1) is 17.8 Å². The predicted octanol–water partition coefficient (Wildman–Crippen LogP) is 3.16. The van der Waals surface area contributed by atoms with Gasteiger partial charge >= 0.3 is 0 Å². The Labute approximate surface area is 132 Å². The molecule has 0 radical (unpaired) electrons. The summed E-state index contributed by atoms with van der Waals surface area (Å²) in [5, 5.41) is 3.41. The molecule has 0 heterocycles. The molecular weight excluding hydrogens is 272 g/mol. The monoisotopic (exact) mass is 298 g/mol. The topological polar surface area (TPSA) is 55.1 Å². The molecule has 4 aliphatic rings. The Balaban J connectivity index is 1.40. The number of carbonyl (C=O) groups is 1. The summed E-state index contributed by atoms with van der Waals surface area (Å²) in [6.07, 6.45) is 8.20. The molecule has 3 N–H and O–H groups in total. The highest BCUT2D eigenvalue weighted by molar-refractivity contribution is 5.77. The van der Waals surface area contributed by atoms with E-state index in [1.54, 1.807) is 0 Å². The van der Waals surface area contributed by atoms with Gasteiger partial charge in [-0.1, -0.05) is 30.3 Å². The van der Waals surface area contributed by atoms with Gasteiger partial charge in [-0.3, -0.25) is 4.79 Å². The molecule has 1 aromatic rings. The van der Waals surface area contributed by atoms with Gasteiger partial charge in [0.25, 0.3) is 0 Å². The molecule has 22 heavy (non-hydrogen) atoms. The molecule has 1 amide bonds. The van der Waals surface area contributed by atoms with Crippen molar-refractivity contribution in [3.05, 3.63) is 35.9 Å². The summed E-state index contributed by atoms with van der Waals surface area (Å²) >= 11 is 0. The fourth-order valence-electron chi connectivity index (χ4n) is 5.63. The Morgan fingerprint density at radius 1 is 1.09 bits per heavy atom. The van der Waals surface area contributed by atoms with E-state index in [0.29, 0.717) is 6.42 Å².